The number of aryl methyl sites for hydroxylation is 1. The first kappa shape index (κ1) is 23.1. The van der Waals surface area contributed by atoms with Gasteiger partial charge in [-0.2, -0.15) is 0 Å². The van der Waals surface area contributed by atoms with Crippen LogP contribution in [0.5, 0.6) is 5.75 Å². The van der Waals surface area contributed by atoms with Gasteiger partial charge in [0.25, 0.3) is 0 Å². The predicted molar refractivity (Wildman–Crippen MR) is 98.9 cm³/mol. The normalized spacial score (nSPS) is 11.0. The summed E-state index contributed by atoms with van der Waals surface area (Å²) in [6.45, 7) is 2.24. The third-order valence-corrected chi connectivity index (χ3v) is 4.18. The Kier molecular flexibility index (Phi) is 11.8. The average molecular weight is 410 g/mol. The van der Waals surface area contributed by atoms with E-state index in [0.29, 0.717) is 5.82 Å². The summed E-state index contributed by atoms with van der Waals surface area (Å²) in [5.74, 6) is 0.709. The van der Waals surface area contributed by atoms with Crippen LogP contribution in [0.15, 0.2) is 36.7 Å². The summed E-state index contributed by atoms with van der Waals surface area (Å²) >= 11 is 0. The average Bonchev–Trinajstić information content (AvgIpc) is 2.76. The molecule has 0 aliphatic carbocycles. The molecule has 0 radical (unpaired) electrons. The van der Waals surface area contributed by atoms with Crippen LogP contribution < -0.4 is 4.89 Å². The maximum absolute atomic E-state index is 7.75. The summed E-state index contributed by atoms with van der Waals surface area (Å²) in [5.41, 5.74) is 2.21. The SMILES string of the molecule is CCCCCCCCCc1ccc(-c2ncc(OOOOOOOO)cn2)cc1. The van der Waals surface area contributed by atoms with E-state index in [4.69, 9.17) is 5.26 Å². The lowest BCUT2D eigenvalue weighted by atomic mass is 10.0. The Morgan fingerprint density at radius 3 is 2.07 bits per heavy atom. The third-order valence-electron chi connectivity index (χ3n) is 4.18. The number of nitrogens with zero attached hydrogens (tertiary/aromatic N) is 2. The summed E-state index contributed by atoms with van der Waals surface area (Å²) in [6.07, 6.45) is 13.0. The first-order valence-corrected chi connectivity index (χ1v) is 9.56. The van der Waals surface area contributed by atoms with Crippen LogP contribution in [0.3, 0.4) is 0 Å². The Labute approximate surface area is 168 Å². The van der Waals surface area contributed by atoms with Gasteiger partial charge in [0, 0.05) is 20.7 Å². The first-order valence-electron chi connectivity index (χ1n) is 9.56. The standard InChI is InChI=1S/C19H26N2O8/c1-2-3-4-5-6-7-8-9-16-10-12-17(13-11-16)19-20-14-18(15-21-19)23-25-27-29-28-26-24-22/h10-15,22H,2-9H2,1H3. The smallest absolute Gasteiger partial charge is 0.205 e. The predicted octanol–water partition coefficient (Wildman–Crippen LogP) is 4.88. The van der Waals surface area contributed by atoms with Gasteiger partial charge in [-0.25, -0.2) is 15.2 Å². The van der Waals surface area contributed by atoms with E-state index in [1.165, 1.54) is 62.9 Å². The first-order chi connectivity index (χ1) is 14.3. The lowest BCUT2D eigenvalue weighted by Gasteiger charge is -2.05. The van der Waals surface area contributed by atoms with Crippen molar-refractivity contribution in [3.05, 3.63) is 42.2 Å². The van der Waals surface area contributed by atoms with E-state index in [1.54, 1.807) is 0 Å². The van der Waals surface area contributed by atoms with E-state index in [-0.39, 0.29) is 5.75 Å². The summed E-state index contributed by atoms with van der Waals surface area (Å²) in [6, 6.07) is 8.21. The fourth-order valence-electron chi connectivity index (χ4n) is 2.71. The second kappa shape index (κ2) is 14.8. The molecule has 1 heterocycles. The Balaban J connectivity index is 1.68. The number of rotatable bonds is 16. The number of aromatic nitrogens is 2. The van der Waals surface area contributed by atoms with Gasteiger partial charge >= 0.3 is 0 Å². The van der Waals surface area contributed by atoms with Crippen molar-refractivity contribution in [2.75, 3.05) is 0 Å². The summed E-state index contributed by atoms with van der Waals surface area (Å²) in [4.78, 5) is 13.1. The zero-order valence-corrected chi connectivity index (χ0v) is 16.3. The molecule has 0 bridgehead atoms. The molecule has 0 atom stereocenters. The topological polar surface area (TPSA) is 111 Å². The van der Waals surface area contributed by atoms with Crippen LogP contribution in [0.1, 0.15) is 57.4 Å². The van der Waals surface area contributed by atoms with Gasteiger partial charge in [-0.15, -0.1) is 0 Å². The molecule has 0 saturated carbocycles. The minimum atomic E-state index is 0.159. The molecule has 0 amide bonds. The Hall–Kier alpha value is -2.18. The number of benzene rings is 1. The summed E-state index contributed by atoms with van der Waals surface area (Å²) in [5, 5.41) is 29.7. The Bertz CT molecular complexity index is 654. The van der Waals surface area contributed by atoms with Gasteiger partial charge in [0.1, 0.15) is 0 Å². The lowest BCUT2D eigenvalue weighted by molar-refractivity contribution is -0.806. The third kappa shape index (κ3) is 9.72. The fraction of sp³-hybridized carbons (Fsp3) is 0.474. The molecule has 0 spiro atoms. The Morgan fingerprint density at radius 2 is 1.38 bits per heavy atom. The van der Waals surface area contributed by atoms with Gasteiger partial charge in [0.2, 0.25) is 5.75 Å². The molecule has 0 unspecified atom stereocenters. The van der Waals surface area contributed by atoms with Crippen LogP contribution in [0.25, 0.3) is 11.4 Å². The molecule has 0 aliphatic rings. The maximum Gasteiger partial charge on any atom is 0.205 e. The van der Waals surface area contributed by atoms with Gasteiger partial charge in [0.05, 0.1) is 12.4 Å². The molecule has 2 rings (SSSR count). The van der Waals surface area contributed by atoms with Crippen molar-refractivity contribution in [3.63, 3.8) is 0 Å². The summed E-state index contributed by atoms with van der Waals surface area (Å²) < 4.78 is 0. The van der Waals surface area contributed by atoms with E-state index in [0.717, 1.165) is 12.0 Å². The molecule has 1 aromatic carbocycles. The van der Waals surface area contributed by atoms with Crippen molar-refractivity contribution in [1.29, 1.82) is 0 Å². The zero-order chi connectivity index (χ0) is 20.6. The monoisotopic (exact) mass is 410 g/mol. The molecule has 0 aliphatic heterocycles. The Morgan fingerprint density at radius 1 is 0.759 bits per heavy atom. The van der Waals surface area contributed by atoms with Crippen LogP contribution in [0, 0.1) is 0 Å². The van der Waals surface area contributed by atoms with Crippen LogP contribution in [0.4, 0.5) is 0 Å². The molecular formula is C19H26N2O8. The minimum Gasteiger partial charge on any atom is -0.303 e. The highest BCUT2D eigenvalue weighted by molar-refractivity contribution is 5.55. The molecule has 1 aromatic heterocycles. The molecule has 0 fully saturated rings. The number of hydrogen-bond donors (Lipinski definition) is 1. The molecule has 2 aromatic rings. The van der Waals surface area contributed by atoms with Gasteiger partial charge in [-0.05, 0) is 33.5 Å². The second-order valence-corrected chi connectivity index (χ2v) is 6.31. The lowest BCUT2D eigenvalue weighted by Crippen LogP contribution is -2.03. The van der Waals surface area contributed by atoms with E-state index in [2.05, 4.69) is 64.1 Å². The second-order valence-electron chi connectivity index (χ2n) is 6.31. The van der Waals surface area contributed by atoms with Crippen molar-refractivity contribution < 1.29 is 40.4 Å². The van der Waals surface area contributed by atoms with Crippen LogP contribution >= 0.6 is 0 Å². The largest absolute Gasteiger partial charge is 0.303 e. The zero-order valence-electron chi connectivity index (χ0n) is 16.3. The van der Waals surface area contributed by atoms with Crippen molar-refractivity contribution in [1.82, 2.24) is 9.97 Å². The molecule has 10 nitrogen and oxygen atoms in total. The van der Waals surface area contributed by atoms with Gasteiger partial charge in [-0.1, -0.05) is 69.7 Å². The number of hydrogen-bond acceptors (Lipinski definition) is 10. The molecule has 10 heteroatoms. The van der Waals surface area contributed by atoms with Crippen molar-refractivity contribution >= 4 is 0 Å². The molecule has 1 N–H and O–H groups in total. The van der Waals surface area contributed by atoms with Crippen molar-refractivity contribution in [2.45, 2.75) is 58.3 Å². The minimum absolute atomic E-state index is 0.159. The van der Waals surface area contributed by atoms with Crippen LogP contribution in [-0.4, -0.2) is 15.2 Å². The molecule has 0 saturated heterocycles. The molecular weight excluding hydrogens is 384 g/mol. The van der Waals surface area contributed by atoms with Gasteiger partial charge < -0.3 is 4.89 Å². The fourth-order valence-corrected chi connectivity index (χ4v) is 2.71. The van der Waals surface area contributed by atoms with Crippen molar-refractivity contribution in [2.24, 2.45) is 0 Å². The van der Waals surface area contributed by atoms with Gasteiger partial charge in [0.15, 0.2) is 5.82 Å². The van der Waals surface area contributed by atoms with Gasteiger partial charge in [-0.3, -0.25) is 0 Å². The van der Waals surface area contributed by atoms with Crippen LogP contribution in [-0.2, 0) is 36.7 Å². The highest BCUT2D eigenvalue weighted by Gasteiger charge is 2.04. The van der Waals surface area contributed by atoms with E-state index in [1.807, 2.05) is 12.1 Å². The molecule has 29 heavy (non-hydrogen) atoms. The van der Waals surface area contributed by atoms with E-state index < -0.39 is 0 Å². The maximum atomic E-state index is 7.75. The highest BCUT2D eigenvalue weighted by atomic mass is 17.9. The van der Waals surface area contributed by atoms with Crippen molar-refractivity contribution in [3.8, 4) is 17.1 Å². The van der Waals surface area contributed by atoms with E-state index in [9.17, 15) is 0 Å². The molecule has 160 valence electrons. The quantitative estimate of drug-likeness (QED) is 0.233. The number of unbranched alkanes of at least 4 members (excludes halogenated alkanes) is 6. The highest BCUT2D eigenvalue weighted by Crippen LogP contribution is 2.19. The summed E-state index contributed by atoms with van der Waals surface area (Å²) in [7, 11) is 0. The van der Waals surface area contributed by atoms with E-state index >= 15 is 0 Å². The van der Waals surface area contributed by atoms with Crippen LogP contribution in [0.2, 0.25) is 0 Å².